The number of amides is 1. The molecule has 25 heavy (non-hydrogen) atoms. The minimum atomic E-state index is -0.894. The van der Waals surface area contributed by atoms with Crippen molar-refractivity contribution in [2.45, 2.75) is 26.9 Å². The molecular weight excluding hydrogens is 338 g/mol. The number of carboxylic acids is 1. The SMILES string of the molecule is CC(C)CN(CCC(=O)O)C(=O)c1cc2c(s1)-c1ccccc1OC2. The van der Waals surface area contributed by atoms with E-state index in [4.69, 9.17) is 9.84 Å². The van der Waals surface area contributed by atoms with E-state index >= 15 is 0 Å². The van der Waals surface area contributed by atoms with Crippen molar-refractivity contribution in [3.63, 3.8) is 0 Å². The molecule has 132 valence electrons. The summed E-state index contributed by atoms with van der Waals surface area (Å²) in [4.78, 5) is 27.2. The number of carboxylic acid groups (broad SMARTS) is 1. The number of hydrogen-bond acceptors (Lipinski definition) is 4. The van der Waals surface area contributed by atoms with Gasteiger partial charge >= 0.3 is 5.97 Å². The summed E-state index contributed by atoms with van der Waals surface area (Å²) in [5, 5.41) is 8.94. The second kappa shape index (κ2) is 7.27. The first kappa shape index (κ1) is 17.5. The van der Waals surface area contributed by atoms with E-state index in [-0.39, 0.29) is 24.8 Å². The summed E-state index contributed by atoms with van der Waals surface area (Å²) in [6, 6.07) is 9.69. The van der Waals surface area contributed by atoms with Gasteiger partial charge in [0.1, 0.15) is 12.4 Å². The molecule has 0 atom stereocenters. The van der Waals surface area contributed by atoms with Gasteiger partial charge in [-0.15, -0.1) is 11.3 Å². The summed E-state index contributed by atoms with van der Waals surface area (Å²) >= 11 is 1.46. The zero-order valence-corrected chi connectivity index (χ0v) is 15.1. The molecule has 0 saturated carbocycles. The number of rotatable bonds is 6. The fraction of sp³-hybridized carbons (Fsp3) is 0.368. The molecule has 0 unspecified atom stereocenters. The summed E-state index contributed by atoms with van der Waals surface area (Å²) in [5.41, 5.74) is 2.02. The van der Waals surface area contributed by atoms with Gasteiger partial charge < -0.3 is 14.7 Å². The van der Waals surface area contributed by atoms with E-state index in [2.05, 4.69) is 0 Å². The number of thiophene rings is 1. The Morgan fingerprint density at radius 3 is 2.80 bits per heavy atom. The fourth-order valence-electron chi connectivity index (χ4n) is 2.91. The lowest BCUT2D eigenvalue weighted by Gasteiger charge is -2.23. The van der Waals surface area contributed by atoms with Gasteiger partial charge in [0.15, 0.2) is 0 Å². The third kappa shape index (κ3) is 3.85. The largest absolute Gasteiger partial charge is 0.488 e. The highest BCUT2D eigenvalue weighted by atomic mass is 32.1. The molecule has 0 aliphatic carbocycles. The van der Waals surface area contributed by atoms with Gasteiger partial charge in [0.05, 0.1) is 11.3 Å². The molecule has 0 spiro atoms. The summed E-state index contributed by atoms with van der Waals surface area (Å²) in [6.07, 6.45) is -0.0461. The zero-order chi connectivity index (χ0) is 18.0. The molecule has 2 aromatic rings. The van der Waals surface area contributed by atoms with Crippen molar-refractivity contribution in [3.05, 3.63) is 40.8 Å². The molecule has 1 aliphatic heterocycles. The molecule has 0 bridgehead atoms. The van der Waals surface area contributed by atoms with Crippen LogP contribution in [0.5, 0.6) is 5.75 Å². The van der Waals surface area contributed by atoms with Gasteiger partial charge in [-0.2, -0.15) is 0 Å². The number of para-hydroxylation sites is 1. The van der Waals surface area contributed by atoms with Crippen LogP contribution in [0.1, 0.15) is 35.5 Å². The standard InChI is InChI=1S/C19H21NO4S/c1-12(2)10-20(8-7-17(21)22)19(23)16-9-13-11-24-15-6-4-3-5-14(15)18(13)25-16/h3-6,9,12H,7-8,10-11H2,1-2H3,(H,21,22). The number of carbonyl (C=O) groups is 2. The summed E-state index contributed by atoms with van der Waals surface area (Å²) in [6.45, 7) is 5.26. The molecule has 1 aromatic carbocycles. The molecule has 2 heterocycles. The predicted octanol–water partition coefficient (Wildman–Crippen LogP) is 3.88. The third-order valence-electron chi connectivity index (χ3n) is 4.00. The second-order valence-electron chi connectivity index (χ2n) is 6.54. The number of aliphatic carboxylic acids is 1. The van der Waals surface area contributed by atoms with E-state index in [1.54, 1.807) is 4.90 Å². The highest BCUT2D eigenvalue weighted by Gasteiger charge is 2.25. The van der Waals surface area contributed by atoms with Crippen LogP contribution in [0.15, 0.2) is 30.3 Å². The van der Waals surface area contributed by atoms with Gasteiger partial charge in [0.25, 0.3) is 5.91 Å². The highest BCUT2D eigenvalue weighted by molar-refractivity contribution is 7.17. The maximum Gasteiger partial charge on any atom is 0.305 e. The van der Waals surface area contributed by atoms with Crippen LogP contribution < -0.4 is 4.74 Å². The molecule has 1 amide bonds. The monoisotopic (exact) mass is 359 g/mol. The quantitative estimate of drug-likeness (QED) is 0.850. The first-order chi connectivity index (χ1) is 12.0. The van der Waals surface area contributed by atoms with Gasteiger partial charge in [-0.1, -0.05) is 26.0 Å². The van der Waals surface area contributed by atoms with Crippen LogP contribution >= 0.6 is 11.3 Å². The van der Waals surface area contributed by atoms with E-state index in [0.717, 1.165) is 21.8 Å². The molecule has 1 aromatic heterocycles. The number of carbonyl (C=O) groups excluding carboxylic acids is 1. The summed E-state index contributed by atoms with van der Waals surface area (Å²) in [7, 11) is 0. The van der Waals surface area contributed by atoms with Crippen LogP contribution in [0, 0.1) is 5.92 Å². The van der Waals surface area contributed by atoms with Crippen LogP contribution in [-0.4, -0.2) is 35.0 Å². The Kier molecular flexibility index (Phi) is 5.08. The Morgan fingerprint density at radius 2 is 2.08 bits per heavy atom. The topological polar surface area (TPSA) is 66.8 Å². The molecule has 3 rings (SSSR count). The molecule has 6 heteroatoms. The molecule has 0 radical (unpaired) electrons. The average Bonchev–Trinajstić information content (AvgIpc) is 3.02. The van der Waals surface area contributed by atoms with E-state index in [1.807, 2.05) is 44.2 Å². The third-order valence-corrected chi connectivity index (χ3v) is 5.20. The number of benzene rings is 1. The molecule has 0 fully saturated rings. The van der Waals surface area contributed by atoms with Gasteiger partial charge in [-0.25, -0.2) is 0 Å². The van der Waals surface area contributed by atoms with Crippen molar-refractivity contribution >= 4 is 23.2 Å². The highest BCUT2D eigenvalue weighted by Crippen LogP contribution is 2.42. The average molecular weight is 359 g/mol. The molecule has 5 nitrogen and oxygen atoms in total. The Hall–Kier alpha value is -2.34. The van der Waals surface area contributed by atoms with Crippen LogP contribution in [0.3, 0.4) is 0 Å². The first-order valence-corrected chi connectivity index (χ1v) is 9.13. The van der Waals surface area contributed by atoms with Gasteiger partial charge in [-0.05, 0) is 24.1 Å². The molecular formula is C19H21NO4S. The number of hydrogen-bond donors (Lipinski definition) is 1. The minimum absolute atomic E-state index is 0.0461. The number of ether oxygens (including phenoxy) is 1. The lowest BCUT2D eigenvalue weighted by atomic mass is 10.1. The normalized spacial score (nSPS) is 12.3. The number of nitrogens with zero attached hydrogens (tertiary/aromatic N) is 1. The molecule has 1 N–H and O–H groups in total. The van der Waals surface area contributed by atoms with Crippen LogP contribution in [0.4, 0.5) is 0 Å². The van der Waals surface area contributed by atoms with Crippen molar-refractivity contribution < 1.29 is 19.4 Å². The van der Waals surface area contributed by atoms with Crippen molar-refractivity contribution in [1.29, 1.82) is 0 Å². The first-order valence-electron chi connectivity index (χ1n) is 8.31. The van der Waals surface area contributed by atoms with Gasteiger partial charge in [0, 0.05) is 29.1 Å². The Labute approximate surface area is 150 Å². The summed E-state index contributed by atoms with van der Waals surface area (Å²) in [5.74, 6) is 0.110. The molecule has 1 aliphatic rings. The lowest BCUT2D eigenvalue weighted by molar-refractivity contribution is -0.137. The maximum atomic E-state index is 12.9. The predicted molar refractivity (Wildman–Crippen MR) is 97.1 cm³/mol. The molecule has 0 saturated heterocycles. The van der Waals surface area contributed by atoms with E-state index in [0.29, 0.717) is 18.0 Å². The maximum absolute atomic E-state index is 12.9. The Bertz CT molecular complexity index is 796. The zero-order valence-electron chi connectivity index (χ0n) is 14.3. The van der Waals surface area contributed by atoms with Gasteiger partial charge in [-0.3, -0.25) is 9.59 Å². The van der Waals surface area contributed by atoms with Crippen LogP contribution in [-0.2, 0) is 11.4 Å². The van der Waals surface area contributed by atoms with Crippen LogP contribution in [0.25, 0.3) is 10.4 Å². The number of fused-ring (bicyclic) bond motifs is 3. The van der Waals surface area contributed by atoms with Crippen LogP contribution in [0.2, 0.25) is 0 Å². The van der Waals surface area contributed by atoms with Crippen molar-refractivity contribution in [2.24, 2.45) is 5.92 Å². The lowest BCUT2D eigenvalue weighted by Crippen LogP contribution is -2.35. The van der Waals surface area contributed by atoms with E-state index < -0.39 is 5.97 Å². The van der Waals surface area contributed by atoms with Crippen molar-refractivity contribution in [1.82, 2.24) is 4.90 Å². The van der Waals surface area contributed by atoms with E-state index in [9.17, 15) is 9.59 Å². The smallest absolute Gasteiger partial charge is 0.305 e. The minimum Gasteiger partial charge on any atom is -0.488 e. The summed E-state index contributed by atoms with van der Waals surface area (Å²) < 4.78 is 5.75. The Morgan fingerprint density at radius 1 is 1.32 bits per heavy atom. The second-order valence-corrected chi connectivity index (χ2v) is 7.59. The van der Waals surface area contributed by atoms with E-state index in [1.165, 1.54) is 11.3 Å². The van der Waals surface area contributed by atoms with Gasteiger partial charge in [0.2, 0.25) is 0 Å². The van der Waals surface area contributed by atoms with Crippen molar-refractivity contribution in [3.8, 4) is 16.2 Å². The Balaban J connectivity index is 1.87. The fourth-order valence-corrected chi connectivity index (χ4v) is 4.07. The van der Waals surface area contributed by atoms with Crippen molar-refractivity contribution in [2.75, 3.05) is 13.1 Å².